The van der Waals surface area contributed by atoms with Gasteiger partial charge in [0, 0.05) is 16.4 Å². The normalized spacial score (nSPS) is 10.6. The van der Waals surface area contributed by atoms with Crippen molar-refractivity contribution in [1.29, 1.82) is 0 Å². The number of halogens is 3. The molecule has 0 radical (unpaired) electrons. The van der Waals surface area contributed by atoms with Gasteiger partial charge in [-0.15, -0.1) is 5.10 Å². The molecule has 3 aromatic rings. The number of aromatic nitrogens is 3. The lowest BCUT2D eigenvalue weighted by Crippen LogP contribution is -2.21. The third-order valence-corrected chi connectivity index (χ3v) is 4.75. The van der Waals surface area contributed by atoms with Crippen LogP contribution in [0.3, 0.4) is 0 Å². The molecule has 0 bridgehead atoms. The number of amides is 2. The highest BCUT2D eigenvalue weighted by atomic mass is 35.5. The number of hydrogen-bond donors (Lipinski definition) is 2. The van der Waals surface area contributed by atoms with Crippen molar-refractivity contribution in [2.45, 2.75) is 13.5 Å². The van der Waals surface area contributed by atoms with E-state index >= 15 is 0 Å². The van der Waals surface area contributed by atoms with E-state index in [1.54, 1.807) is 43.3 Å². The van der Waals surface area contributed by atoms with Crippen LogP contribution in [0.4, 0.5) is 11.4 Å². The first kappa shape index (κ1) is 20.1. The fraction of sp³-hybridized carbons (Fsp3) is 0.111. The van der Waals surface area contributed by atoms with E-state index in [0.717, 1.165) is 0 Å². The van der Waals surface area contributed by atoms with Gasteiger partial charge in [0.25, 0.3) is 5.91 Å². The first-order chi connectivity index (χ1) is 13.3. The highest BCUT2D eigenvalue weighted by Crippen LogP contribution is 2.25. The summed E-state index contributed by atoms with van der Waals surface area (Å²) in [5.41, 5.74) is 1.57. The minimum absolute atomic E-state index is 0.0987. The highest BCUT2D eigenvalue weighted by Gasteiger charge is 2.18. The van der Waals surface area contributed by atoms with Crippen LogP contribution in [0.1, 0.15) is 16.2 Å². The van der Waals surface area contributed by atoms with Crippen molar-refractivity contribution >= 4 is 58.0 Å². The number of hydrogen-bond acceptors (Lipinski definition) is 4. The zero-order valence-electron chi connectivity index (χ0n) is 14.5. The molecule has 0 unspecified atom stereocenters. The van der Waals surface area contributed by atoms with Gasteiger partial charge in [-0.3, -0.25) is 9.59 Å². The number of benzene rings is 2. The summed E-state index contributed by atoms with van der Waals surface area (Å²) < 4.78 is 1.34. The van der Waals surface area contributed by atoms with Crippen LogP contribution in [-0.4, -0.2) is 26.8 Å². The highest BCUT2D eigenvalue weighted by molar-refractivity contribution is 6.42. The maximum Gasteiger partial charge on any atom is 0.278 e. The second kappa shape index (κ2) is 8.60. The van der Waals surface area contributed by atoms with E-state index in [0.29, 0.717) is 32.1 Å². The summed E-state index contributed by atoms with van der Waals surface area (Å²) in [6.07, 6.45) is 0. The molecule has 0 aliphatic heterocycles. The molecule has 0 atom stereocenters. The number of carbonyl (C=O) groups excluding carboxylic acids is 2. The predicted molar refractivity (Wildman–Crippen MR) is 109 cm³/mol. The van der Waals surface area contributed by atoms with Crippen LogP contribution in [0.25, 0.3) is 0 Å². The molecule has 7 nitrogen and oxygen atoms in total. The lowest BCUT2D eigenvalue weighted by atomic mass is 10.2. The van der Waals surface area contributed by atoms with Gasteiger partial charge in [-0.25, -0.2) is 4.68 Å². The Morgan fingerprint density at radius 3 is 2.46 bits per heavy atom. The molecule has 0 spiro atoms. The number of nitrogens with one attached hydrogen (secondary N) is 2. The summed E-state index contributed by atoms with van der Waals surface area (Å²) in [5.74, 6) is -0.802. The molecular weight excluding hydrogens is 425 g/mol. The summed E-state index contributed by atoms with van der Waals surface area (Å²) >= 11 is 17.7. The molecule has 3 rings (SSSR count). The Bertz CT molecular complexity index is 1050. The van der Waals surface area contributed by atoms with E-state index in [9.17, 15) is 9.59 Å². The van der Waals surface area contributed by atoms with Gasteiger partial charge >= 0.3 is 0 Å². The first-order valence-corrected chi connectivity index (χ1v) is 9.19. The molecule has 0 aliphatic rings. The van der Waals surface area contributed by atoms with Crippen molar-refractivity contribution < 1.29 is 9.59 Å². The van der Waals surface area contributed by atoms with Gasteiger partial charge in [-0.05, 0) is 43.3 Å². The number of carbonyl (C=O) groups is 2. The van der Waals surface area contributed by atoms with Crippen LogP contribution in [0, 0.1) is 6.92 Å². The van der Waals surface area contributed by atoms with Crippen LogP contribution in [0.2, 0.25) is 15.1 Å². The second-order valence-corrected chi connectivity index (χ2v) is 7.07. The average Bonchev–Trinajstić information content (AvgIpc) is 2.99. The van der Waals surface area contributed by atoms with Crippen LogP contribution in [0.5, 0.6) is 0 Å². The molecule has 2 amide bonds. The van der Waals surface area contributed by atoms with Crippen molar-refractivity contribution in [3.05, 3.63) is 68.9 Å². The average molecular weight is 439 g/mol. The Hall–Kier alpha value is -2.61. The largest absolute Gasteiger partial charge is 0.324 e. The second-order valence-electron chi connectivity index (χ2n) is 5.82. The maximum absolute atomic E-state index is 12.4. The van der Waals surface area contributed by atoms with Crippen molar-refractivity contribution in [3.8, 4) is 0 Å². The topological polar surface area (TPSA) is 88.9 Å². The Morgan fingerprint density at radius 1 is 1.00 bits per heavy atom. The lowest BCUT2D eigenvalue weighted by Gasteiger charge is -2.07. The van der Waals surface area contributed by atoms with Crippen LogP contribution < -0.4 is 10.6 Å². The predicted octanol–water partition coefficient (Wildman–Crippen LogP) is 4.44. The summed E-state index contributed by atoms with van der Waals surface area (Å²) in [7, 11) is 0. The Kier molecular flexibility index (Phi) is 6.18. The first-order valence-electron chi connectivity index (χ1n) is 8.05. The van der Waals surface area contributed by atoms with Gasteiger partial charge in [0.2, 0.25) is 5.91 Å². The number of anilines is 2. The van der Waals surface area contributed by atoms with E-state index in [-0.39, 0.29) is 18.1 Å². The standard InChI is InChI=1S/C18H14Cl3N5O2/c1-10-17(18(28)23-13-5-6-14(20)15(21)8-13)24-25-26(10)9-16(27)22-12-4-2-3-11(19)7-12/h2-8H,9H2,1H3,(H,22,27)(H,23,28). The van der Waals surface area contributed by atoms with Crippen molar-refractivity contribution in [3.63, 3.8) is 0 Å². The SMILES string of the molecule is Cc1c(C(=O)Nc2ccc(Cl)c(Cl)c2)nnn1CC(=O)Nc1cccc(Cl)c1. The molecule has 0 fully saturated rings. The molecule has 1 heterocycles. The van der Waals surface area contributed by atoms with Gasteiger partial charge < -0.3 is 10.6 Å². The van der Waals surface area contributed by atoms with Crippen molar-refractivity contribution in [1.82, 2.24) is 15.0 Å². The van der Waals surface area contributed by atoms with Crippen molar-refractivity contribution in [2.24, 2.45) is 0 Å². The third kappa shape index (κ3) is 4.81. The molecular formula is C18H14Cl3N5O2. The van der Waals surface area contributed by atoms with Crippen LogP contribution in [0.15, 0.2) is 42.5 Å². The molecule has 0 aliphatic carbocycles. The minimum atomic E-state index is -0.475. The van der Waals surface area contributed by atoms with Gasteiger partial charge in [0.1, 0.15) is 6.54 Å². The minimum Gasteiger partial charge on any atom is -0.324 e. The summed E-state index contributed by atoms with van der Waals surface area (Å²) in [4.78, 5) is 24.7. The maximum atomic E-state index is 12.4. The van der Waals surface area contributed by atoms with Crippen molar-refractivity contribution in [2.75, 3.05) is 10.6 Å². The van der Waals surface area contributed by atoms with E-state index in [2.05, 4.69) is 20.9 Å². The molecule has 1 aromatic heterocycles. The Morgan fingerprint density at radius 2 is 1.75 bits per heavy atom. The molecule has 144 valence electrons. The zero-order valence-corrected chi connectivity index (χ0v) is 16.8. The van der Waals surface area contributed by atoms with E-state index in [1.807, 2.05) is 0 Å². The molecule has 0 saturated carbocycles. The zero-order chi connectivity index (χ0) is 20.3. The Balaban J connectivity index is 1.68. The molecule has 2 N–H and O–H groups in total. The summed E-state index contributed by atoms with van der Waals surface area (Å²) in [5, 5.41) is 14.3. The Labute approximate surface area is 175 Å². The molecule has 28 heavy (non-hydrogen) atoms. The van der Waals surface area contributed by atoms with Gasteiger partial charge in [-0.2, -0.15) is 0 Å². The van der Waals surface area contributed by atoms with Crippen LogP contribution in [-0.2, 0) is 11.3 Å². The fourth-order valence-electron chi connectivity index (χ4n) is 2.39. The number of rotatable bonds is 5. The number of nitrogens with zero attached hydrogens (tertiary/aromatic N) is 3. The van der Waals surface area contributed by atoms with Gasteiger partial charge in [0.15, 0.2) is 5.69 Å². The van der Waals surface area contributed by atoms with E-state index in [4.69, 9.17) is 34.8 Å². The third-order valence-electron chi connectivity index (χ3n) is 3.78. The fourth-order valence-corrected chi connectivity index (χ4v) is 2.88. The monoisotopic (exact) mass is 437 g/mol. The van der Waals surface area contributed by atoms with E-state index in [1.165, 1.54) is 10.7 Å². The summed E-state index contributed by atoms with van der Waals surface area (Å²) in [6.45, 7) is 1.54. The molecule has 10 heteroatoms. The van der Waals surface area contributed by atoms with Crippen LogP contribution >= 0.6 is 34.8 Å². The van der Waals surface area contributed by atoms with Gasteiger partial charge in [0.05, 0.1) is 15.7 Å². The summed E-state index contributed by atoms with van der Waals surface area (Å²) in [6, 6.07) is 11.5. The quantitative estimate of drug-likeness (QED) is 0.616. The van der Waals surface area contributed by atoms with E-state index < -0.39 is 5.91 Å². The van der Waals surface area contributed by atoms with Gasteiger partial charge in [-0.1, -0.05) is 46.1 Å². The lowest BCUT2D eigenvalue weighted by molar-refractivity contribution is -0.117. The molecule has 2 aromatic carbocycles. The smallest absolute Gasteiger partial charge is 0.278 e. The molecule has 0 saturated heterocycles.